The molecule has 1 aromatic carbocycles. The second-order valence-corrected chi connectivity index (χ2v) is 5.15. The first-order valence-electron chi connectivity index (χ1n) is 6.33. The molecule has 1 heterocycles. The van der Waals surface area contributed by atoms with Crippen molar-refractivity contribution in [2.45, 2.75) is 33.6 Å². The summed E-state index contributed by atoms with van der Waals surface area (Å²) >= 11 is 0. The predicted molar refractivity (Wildman–Crippen MR) is 77.1 cm³/mol. The molecule has 0 atom stereocenters. The van der Waals surface area contributed by atoms with Crippen LogP contribution in [-0.2, 0) is 0 Å². The van der Waals surface area contributed by atoms with E-state index in [1.807, 2.05) is 26.0 Å². The van der Waals surface area contributed by atoms with E-state index in [2.05, 4.69) is 23.8 Å². The number of aryl methyl sites for hydroxylation is 2. The third-order valence-corrected chi connectivity index (χ3v) is 3.11. The van der Waals surface area contributed by atoms with Crippen LogP contribution in [0, 0.1) is 13.8 Å². The fourth-order valence-electron chi connectivity index (χ4n) is 2.00. The van der Waals surface area contributed by atoms with Crippen molar-refractivity contribution in [2.75, 3.05) is 5.73 Å². The second kappa shape index (κ2) is 4.88. The molecule has 4 nitrogen and oxygen atoms in total. The first kappa shape index (κ1) is 13.3. The minimum absolute atomic E-state index is 0.295. The maximum absolute atomic E-state index is 9.81. The number of nitrogens with zero attached hydrogens (tertiary/aromatic N) is 2. The summed E-state index contributed by atoms with van der Waals surface area (Å²) in [5, 5.41) is 9.81. The summed E-state index contributed by atoms with van der Waals surface area (Å²) in [7, 11) is 0. The first-order valence-corrected chi connectivity index (χ1v) is 6.33. The zero-order chi connectivity index (χ0) is 14.2. The SMILES string of the molecule is Cc1cc(-c2nc(N)cc(C(C)C)n2)cc(C)c1O. The average Bonchev–Trinajstić information content (AvgIpc) is 2.34. The summed E-state index contributed by atoms with van der Waals surface area (Å²) in [5.74, 6) is 1.69. The molecule has 0 saturated carbocycles. The van der Waals surface area contributed by atoms with Gasteiger partial charge >= 0.3 is 0 Å². The molecule has 3 N–H and O–H groups in total. The summed E-state index contributed by atoms with van der Waals surface area (Å²) in [4.78, 5) is 8.83. The van der Waals surface area contributed by atoms with E-state index >= 15 is 0 Å². The maximum atomic E-state index is 9.81. The van der Waals surface area contributed by atoms with E-state index in [0.29, 0.717) is 23.3 Å². The Labute approximate surface area is 113 Å². The topological polar surface area (TPSA) is 72.0 Å². The number of nitrogen functional groups attached to an aromatic ring is 1. The third kappa shape index (κ3) is 2.67. The van der Waals surface area contributed by atoms with Crippen molar-refractivity contribution in [2.24, 2.45) is 0 Å². The lowest BCUT2D eigenvalue weighted by Gasteiger charge is -2.10. The number of phenols is 1. The van der Waals surface area contributed by atoms with Gasteiger partial charge in [-0.25, -0.2) is 9.97 Å². The van der Waals surface area contributed by atoms with E-state index in [1.165, 1.54) is 0 Å². The van der Waals surface area contributed by atoms with E-state index in [1.54, 1.807) is 6.07 Å². The van der Waals surface area contributed by atoms with Gasteiger partial charge in [0.05, 0.1) is 0 Å². The molecule has 0 aliphatic carbocycles. The number of benzene rings is 1. The number of phenolic OH excluding ortho intramolecular Hbond substituents is 1. The Morgan fingerprint density at radius 2 is 1.63 bits per heavy atom. The van der Waals surface area contributed by atoms with Crippen LogP contribution in [-0.4, -0.2) is 15.1 Å². The highest BCUT2D eigenvalue weighted by Crippen LogP contribution is 2.28. The number of nitrogens with two attached hydrogens (primary N) is 1. The Morgan fingerprint density at radius 1 is 1.05 bits per heavy atom. The van der Waals surface area contributed by atoms with E-state index in [4.69, 9.17) is 5.73 Å². The molecule has 2 aromatic rings. The minimum atomic E-state index is 0.295. The van der Waals surface area contributed by atoms with Crippen LogP contribution in [0.4, 0.5) is 5.82 Å². The molecule has 0 radical (unpaired) electrons. The fraction of sp³-hybridized carbons (Fsp3) is 0.333. The summed E-state index contributed by atoms with van der Waals surface area (Å²) in [6, 6.07) is 5.55. The van der Waals surface area contributed by atoms with Crippen LogP contribution in [0.1, 0.15) is 36.6 Å². The number of aromatic hydroxyl groups is 1. The highest BCUT2D eigenvalue weighted by molar-refractivity contribution is 5.62. The molecule has 1 aromatic heterocycles. The van der Waals surface area contributed by atoms with E-state index in [9.17, 15) is 5.11 Å². The molecule has 4 heteroatoms. The van der Waals surface area contributed by atoms with Gasteiger partial charge in [-0.05, 0) is 43.0 Å². The number of hydrogen-bond acceptors (Lipinski definition) is 4. The van der Waals surface area contributed by atoms with Gasteiger partial charge < -0.3 is 10.8 Å². The number of hydrogen-bond donors (Lipinski definition) is 2. The van der Waals surface area contributed by atoms with E-state index in [0.717, 1.165) is 22.4 Å². The monoisotopic (exact) mass is 257 g/mol. The molecular formula is C15H19N3O. The van der Waals surface area contributed by atoms with Crippen molar-refractivity contribution < 1.29 is 5.11 Å². The van der Waals surface area contributed by atoms with Gasteiger partial charge in [0.15, 0.2) is 5.82 Å². The average molecular weight is 257 g/mol. The number of aromatic nitrogens is 2. The Hall–Kier alpha value is -2.10. The van der Waals surface area contributed by atoms with Gasteiger partial charge in [-0.1, -0.05) is 13.8 Å². The minimum Gasteiger partial charge on any atom is -0.507 e. The van der Waals surface area contributed by atoms with Crippen LogP contribution in [0.5, 0.6) is 5.75 Å². The Morgan fingerprint density at radius 3 is 2.16 bits per heavy atom. The predicted octanol–water partition coefficient (Wildman–Crippen LogP) is 3.17. The summed E-state index contributed by atoms with van der Waals surface area (Å²) in [6.45, 7) is 7.86. The van der Waals surface area contributed by atoms with Crippen LogP contribution in [0.2, 0.25) is 0 Å². The molecule has 0 aliphatic rings. The summed E-state index contributed by atoms with van der Waals surface area (Å²) < 4.78 is 0. The lowest BCUT2D eigenvalue weighted by atomic mass is 10.0. The molecule has 0 spiro atoms. The zero-order valence-electron chi connectivity index (χ0n) is 11.7. The first-order chi connectivity index (χ1) is 8.88. The van der Waals surface area contributed by atoms with Crippen LogP contribution in [0.3, 0.4) is 0 Å². The molecule has 0 aliphatic heterocycles. The van der Waals surface area contributed by atoms with Crippen molar-refractivity contribution in [3.8, 4) is 17.1 Å². The Balaban J connectivity index is 2.59. The largest absolute Gasteiger partial charge is 0.507 e. The highest BCUT2D eigenvalue weighted by atomic mass is 16.3. The zero-order valence-corrected chi connectivity index (χ0v) is 11.7. The smallest absolute Gasteiger partial charge is 0.161 e. The van der Waals surface area contributed by atoms with Crippen LogP contribution in [0.25, 0.3) is 11.4 Å². The van der Waals surface area contributed by atoms with Gasteiger partial charge in [0, 0.05) is 17.3 Å². The van der Waals surface area contributed by atoms with Crippen molar-refractivity contribution in [1.29, 1.82) is 0 Å². The molecule has 0 unspecified atom stereocenters. The van der Waals surface area contributed by atoms with Gasteiger partial charge in [0.2, 0.25) is 0 Å². The third-order valence-electron chi connectivity index (χ3n) is 3.11. The van der Waals surface area contributed by atoms with Crippen LogP contribution in [0.15, 0.2) is 18.2 Å². The molecule has 0 amide bonds. The maximum Gasteiger partial charge on any atom is 0.161 e. The van der Waals surface area contributed by atoms with Gasteiger partial charge in [-0.15, -0.1) is 0 Å². The Bertz CT molecular complexity index is 598. The van der Waals surface area contributed by atoms with Gasteiger partial charge in [0.25, 0.3) is 0 Å². The standard InChI is InChI=1S/C15H19N3O/c1-8(2)12-7-13(16)18-15(17-12)11-5-9(3)14(19)10(4)6-11/h5-8,19H,1-4H3,(H2,16,17,18). The van der Waals surface area contributed by atoms with E-state index < -0.39 is 0 Å². The van der Waals surface area contributed by atoms with Gasteiger partial charge in [-0.3, -0.25) is 0 Å². The number of anilines is 1. The Kier molecular flexibility index (Phi) is 3.42. The molecule has 2 rings (SSSR count). The second-order valence-electron chi connectivity index (χ2n) is 5.15. The normalized spacial score (nSPS) is 11.0. The van der Waals surface area contributed by atoms with Crippen molar-refractivity contribution >= 4 is 5.82 Å². The fourth-order valence-corrected chi connectivity index (χ4v) is 2.00. The molecule has 0 bridgehead atoms. The van der Waals surface area contributed by atoms with Crippen molar-refractivity contribution in [3.63, 3.8) is 0 Å². The lowest BCUT2D eigenvalue weighted by Crippen LogP contribution is -2.02. The quantitative estimate of drug-likeness (QED) is 0.866. The van der Waals surface area contributed by atoms with Crippen molar-refractivity contribution in [1.82, 2.24) is 9.97 Å². The van der Waals surface area contributed by atoms with Crippen LogP contribution < -0.4 is 5.73 Å². The molecular weight excluding hydrogens is 238 g/mol. The summed E-state index contributed by atoms with van der Waals surface area (Å²) in [5.41, 5.74) is 9.26. The lowest BCUT2D eigenvalue weighted by molar-refractivity contribution is 0.467. The molecule has 100 valence electrons. The van der Waals surface area contributed by atoms with E-state index in [-0.39, 0.29) is 0 Å². The highest BCUT2D eigenvalue weighted by Gasteiger charge is 2.11. The van der Waals surface area contributed by atoms with Gasteiger partial charge in [0.1, 0.15) is 11.6 Å². The number of rotatable bonds is 2. The summed E-state index contributed by atoms with van der Waals surface area (Å²) in [6.07, 6.45) is 0. The molecule has 0 saturated heterocycles. The molecule has 19 heavy (non-hydrogen) atoms. The van der Waals surface area contributed by atoms with Gasteiger partial charge in [-0.2, -0.15) is 0 Å². The molecule has 0 fully saturated rings. The van der Waals surface area contributed by atoms with Crippen LogP contribution >= 0.6 is 0 Å². The van der Waals surface area contributed by atoms with Crippen molar-refractivity contribution in [3.05, 3.63) is 35.0 Å².